The van der Waals surface area contributed by atoms with E-state index >= 15 is 0 Å². The maximum absolute atomic E-state index is 13.0. The SMILES string of the molecule is O=C(O)[C@H]1CN(Cc2ccc(F)cc2)C[C@@H]1c1cccnc1. The minimum absolute atomic E-state index is 0.0633. The van der Waals surface area contributed by atoms with Crippen molar-refractivity contribution in [1.82, 2.24) is 9.88 Å². The zero-order valence-corrected chi connectivity index (χ0v) is 12.0. The molecule has 22 heavy (non-hydrogen) atoms. The van der Waals surface area contributed by atoms with Crippen molar-refractivity contribution in [3.8, 4) is 0 Å². The maximum atomic E-state index is 13.0. The van der Waals surface area contributed by atoms with Crippen molar-refractivity contribution in [2.45, 2.75) is 12.5 Å². The number of aromatic nitrogens is 1. The Kier molecular flexibility index (Phi) is 4.15. The molecule has 1 aromatic heterocycles. The minimum atomic E-state index is -0.782. The smallest absolute Gasteiger partial charge is 0.308 e. The predicted octanol–water partition coefficient (Wildman–Crippen LogP) is 2.52. The summed E-state index contributed by atoms with van der Waals surface area (Å²) in [4.78, 5) is 17.7. The Bertz CT molecular complexity index is 645. The molecule has 0 radical (unpaired) electrons. The molecule has 4 nitrogen and oxygen atoms in total. The standard InChI is InChI=1S/C17H17FN2O2/c18-14-5-3-12(4-6-14)9-20-10-15(16(11-20)17(21)22)13-2-1-7-19-8-13/h1-8,15-16H,9-11H2,(H,21,22)/t15-,16+/m1/s1. The Morgan fingerprint density at radius 2 is 2.05 bits per heavy atom. The van der Waals surface area contributed by atoms with Crippen molar-refractivity contribution in [1.29, 1.82) is 0 Å². The summed E-state index contributed by atoms with van der Waals surface area (Å²) in [7, 11) is 0. The molecule has 1 N–H and O–H groups in total. The lowest BCUT2D eigenvalue weighted by Gasteiger charge is -2.16. The van der Waals surface area contributed by atoms with E-state index in [2.05, 4.69) is 9.88 Å². The van der Waals surface area contributed by atoms with Crippen molar-refractivity contribution in [3.05, 3.63) is 65.7 Å². The number of carboxylic acid groups (broad SMARTS) is 1. The van der Waals surface area contributed by atoms with Gasteiger partial charge in [-0.2, -0.15) is 0 Å². The van der Waals surface area contributed by atoms with Crippen LogP contribution < -0.4 is 0 Å². The third-order valence-corrected chi connectivity index (χ3v) is 4.14. The number of carbonyl (C=O) groups is 1. The second-order valence-corrected chi connectivity index (χ2v) is 5.66. The summed E-state index contributed by atoms with van der Waals surface area (Å²) >= 11 is 0. The van der Waals surface area contributed by atoms with Crippen molar-refractivity contribution in [2.75, 3.05) is 13.1 Å². The second kappa shape index (κ2) is 6.23. The molecule has 1 fully saturated rings. The second-order valence-electron chi connectivity index (χ2n) is 5.66. The monoisotopic (exact) mass is 300 g/mol. The minimum Gasteiger partial charge on any atom is -0.481 e. The fourth-order valence-corrected chi connectivity index (χ4v) is 3.05. The van der Waals surface area contributed by atoms with E-state index in [9.17, 15) is 14.3 Å². The Labute approximate surface area is 128 Å². The van der Waals surface area contributed by atoms with Crippen LogP contribution in [0.4, 0.5) is 4.39 Å². The first-order valence-electron chi connectivity index (χ1n) is 7.23. The van der Waals surface area contributed by atoms with Crippen molar-refractivity contribution in [2.24, 2.45) is 5.92 Å². The number of rotatable bonds is 4. The molecule has 2 heterocycles. The van der Waals surface area contributed by atoms with Crippen LogP contribution in [-0.2, 0) is 11.3 Å². The first kappa shape index (κ1) is 14.7. The average molecular weight is 300 g/mol. The summed E-state index contributed by atoms with van der Waals surface area (Å²) in [5, 5.41) is 9.47. The molecule has 3 rings (SSSR count). The van der Waals surface area contributed by atoms with Crippen LogP contribution in [0.5, 0.6) is 0 Å². The molecule has 2 atom stereocenters. The van der Waals surface area contributed by atoms with Crippen LogP contribution in [0.1, 0.15) is 17.0 Å². The number of benzene rings is 1. The molecule has 1 aliphatic heterocycles. The van der Waals surface area contributed by atoms with Crippen LogP contribution >= 0.6 is 0 Å². The Hall–Kier alpha value is -2.27. The highest BCUT2D eigenvalue weighted by molar-refractivity contribution is 5.72. The molecule has 0 saturated carbocycles. The largest absolute Gasteiger partial charge is 0.481 e. The van der Waals surface area contributed by atoms with Gasteiger partial charge in [0.05, 0.1) is 5.92 Å². The van der Waals surface area contributed by atoms with Crippen LogP contribution in [0, 0.1) is 11.7 Å². The number of aliphatic carboxylic acids is 1. The first-order valence-corrected chi connectivity index (χ1v) is 7.23. The van der Waals surface area contributed by atoms with E-state index in [-0.39, 0.29) is 11.7 Å². The number of hydrogen-bond acceptors (Lipinski definition) is 3. The molecule has 5 heteroatoms. The summed E-state index contributed by atoms with van der Waals surface area (Å²) in [6, 6.07) is 10.1. The van der Waals surface area contributed by atoms with E-state index in [0.717, 1.165) is 11.1 Å². The number of carboxylic acids is 1. The van der Waals surface area contributed by atoms with Gasteiger partial charge in [0.1, 0.15) is 5.82 Å². The van der Waals surface area contributed by atoms with Gasteiger partial charge >= 0.3 is 5.97 Å². The highest BCUT2D eigenvalue weighted by atomic mass is 19.1. The highest BCUT2D eigenvalue weighted by Crippen LogP contribution is 2.33. The first-order chi connectivity index (χ1) is 10.6. The summed E-state index contributed by atoms with van der Waals surface area (Å²) < 4.78 is 13.0. The number of pyridine rings is 1. The van der Waals surface area contributed by atoms with Crippen molar-refractivity contribution < 1.29 is 14.3 Å². The van der Waals surface area contributed by atoms with E-state index in [0.29, 0.717) is 19.6 Å². The molecule has 1 aliphatic rings. The predicted molar refractivity (Wildman–Crippen MR) is 79.8 cm³/mol. The number of hydrogen-bond donors (Lipinski definition) is 1. The maximum Gasteiger partial charge on any atom is 0.308 e. The van der Waals surface area contributed by atoms with E-state index in [1.165, 1.54) is 12.1 Å². The fourth-order valence-electron chi connectivity index (χ4n) is 3.05. The van der Waals surface area contributed by atoms with Crippen LogP contribution in [-0.4, -0.2) is 34.0 Å². The normalized spacial score (nSPS) is 21.9. The topological polar surface area (TPSA) is 53.4 Å². The molecule has 1 aromatic carbocycles. The van der Waals surface area contributed by atoms with E-state index in [1.807, 2.05) is 12.1 Å². The summed E-state index contributed by atoms with van der Waals surface area (Å²) in [6.45, 7) is 1.78. The Balaban J connectivity index is 1.76. The molecule has 2 aromatic rings. The molecular weight excluding hydrogens is 283 g/mol. The number of nitrogens with zero attached hydrogens (tertiary/aromatic N) is 2. The molecule has 0 aliphatic carbocycles. The Morgan fingerprint density at radius 1 is 1.27 bits per heavy atom. The van der Waals surface area contributed by atoms with Crippen LogP contribution in [0.15, 0.2) is 48.8 Å². The van der Waals surface area contributed by atoms with Crippen molar-refractivity contribution in [3.63, 3.8) is 0 Å². The van der Waals surface area contributed by atoms with Gasteiger partial charge in [0.2, 0.25) is 0 Å². The quantitative estimate of drug-likeness (QED) is 0.942. The van der Waals surface area contributed by atoms with Gasteiger partial charge in [-0.1, -0.05) is 18.2 Å². The summed E-state index contributed by atoms with van der Waals surface area (Å²) in [5.41, 5.74) is 1.94. The van der Waals surface area contributed by atoms with E-state index in [4.69, 9.17) is 0 Å². The van der Waals surface area contributed by atoms with Gasteiger partial charge in [0.15, 0.2) is 0 Å². The molecule has 0 amide bonds. The number of halogens is 1. The third kappa shape index (κ3) is 3.14. The van der Waals surface area contributed by atoms with Crippen LogP contribution in [0.25, 0.3) is 0 Å². The van der Waals surface area contributed by atoms with E-state index < -0.39 is 11.9 Å². The van der Waals surface area contributed by atoms with Crippen LogP contribution in [0.3, 0.4) is 0 Å². The van der Waals surface area contributed by atoms with Gasteiger partial charge in [0, 0.05) is 37.9 Å². The van der Waals surface area contributed by atoms with Gasteiger partial charge in [0.25, 0.3) is 0 Å². The zero-order valence-electron chi connectivity index (χ0n) is 12.0. The third-order valence-electron chi connectivity index (χ3n) is 4.14. The molecular formula is C17H17FN2O2. The van der Waals surface area contributed by atoms with Gasteiger partial charge in [-0.25, -0.2) is 4.39 Å². The number of likely N-dealkylation sites (tertiary alicyclic amines) is 1. The van der Waals surface area contributed by atoms with Gasteiger partial charge < -0.3 is 5.11 Å². The summed E-state index contributed by atoms with van der Waals surface area (Å²) in [6.07, 6.45) is 3.42. The Morgan fingerprint density at radius 3 is 2.68 bits per heavy atom. The van der Waals surface area contributed by atoms with Gasteiger partial charge in [-0.05, 0) is 29.3 Å². The van der Waals surface area contributed by atoms with Crippen LogP contribution in [0.2, 0.25) is 0 Å². The lowest BCUT2D eigenvalue weighted by molar-refractivity contribution is -0.141. The average Bonchev–Trinajstić information content (AvgIpc) is 2.95. The van der Waals surface area contributed by atoms with E-state index in [1.54, 1.807) is 24.5 Å². The lowest BCUT2D eigenvalue weighted by atomic mass is 9.90. The zero-order chi connectivity index (χ0) is 15.5. The molecule has 0 spiro atoms. The molecule has 0 bridgehead atoms. The van der Waals surface area contributed by atoms with Crippen molar-refractivity contribution >= 4 is 5.97 Å². The lowest BCUT2D eigenvalue weighted by Crippen LogP contribution is -2.23. The van der Waals surface area contributed by atoms with Gasteiger partial charge in [-0.15, -0.1) is 0 Å². The summed E-state index contributed by atoms with van der Waals surface area (Å²) in [5.74, 6) is -1.55. The highest BCUT2D eigenvalue weighted by Gasteiger charge is 2.38. The molecule has 0 unspecified atom stereocenters. The molecule has 114 valence electrons. The van der Waals surface area contributed by atoms with Gasteiger partial charge in [-0.3, -0.25) is 14.7 Å². The fraction of sp³-hybridized carbons (Fsp3) is 0.294. The molecule has 1 saturated heterocycles.